The van der Waals surface area contributed by atoms with Gasteiger partial charge in [0.15, 0.2) is 0 Å². The summed E-state index contributed by atoms with van der Waals surface area (Å²) in [6, 6.07) is 10.4. The van der Waals surface area contributed by atoms with Crippen LogP contribution in [0.3, 0.4) is 0 Å². The van der Waals surface area contributed by atoms with Crippen LogP contribution in [-0.2, 0) is 4.79 Å². The predicted molar refractivity (Wildman–Crippen MR) is 119 cm³/mol. The number of nitro groups is 1. The number of amides is 1. The fraction of sp³-hybridized carbons (Fsp3) is 0.348. The molecule has 0 spiro atoms. The van der Waals surface area contributed by atoms with E-state index in [4.69, 9.17) is 4.52 Å². The van der Waals surface area contributed by atoms with Gasteiger partial charge in [0, 0.05) is 42.9 Å². The van der Waals surface area contributed by atoms with Gasteiger partial charge in [0.05, 0.1) is 10.8 Å². The third-order valence-corrected chi connectivity index (χ3v) is 5.73. The van der Waals surface area contributed by atoms with Crippen molar-refractivity contribution in [2.24, 2.45) is 0 Å². The first kappa shape index (κ1) is 22.5. The highest BCUT2D eigenvalue weighted by atomic mass is 19.1. The van der Waals surface area contributed by atoms with Crippen LogP contribution in [0, 0.1) is 22.9 Å². The van der Waals surface area contributed by atoms with Gasteiger partial charge in [0.1, 0.15) is 5.82 Å². The van der Waals surface area contributed by atoms with Crippen LogP contribution in [0.1, 0.15) is 36.6 Å². The maximum absolute atomic E-state index is 13.5. The van der Waals surface area contributed by atoms with Crippen LogP contribution in [0.4, 0.5) is 15.8 Å². The normalized spacial score (nSPS) is 16.5. The second-order valence-electron chi connectivity index (χ2n) is 8.16. The molecule has 1 atom stereocenters. The van der Waals surface area contributed by atoms with Crippen LogP contribution >= 0.6 is 0 Å². The van der Waals surface area contributed by atoms with Crippen molar-refractivity contribution in [2.75, 3.05) is 25.0 Å². The third kappa shape index (κ3) is 5.58. The molecule has 2 heterocycles. The van der Waals surface area contributed by atoms with Crippen molar-refractivity contribution in [3.8, 4) is 11.4 Å². The van der Waals surface area contributed by atoms with Gasteiger partial charge in [-0.3, -0.25) is 14.9 Å². The van der Waals surface area contributed by atoms with Crippen molar-refractivity contribution in [1.29, 1.82) is 0 Å². The number of piperidine rings is 1. The molecule has 1 fully saturated rings. The predicted octanol–water partition coefficient (Wildman–Crippen LogP) is 4.30. The van der Waals surface area contributed by atoms with Gasteiger partial charge in [-0.05, 0) is 50.1 Å². The van der Waals surface area contributed by atoms with Crippen LogP contribution in [0.5, 0.6) is 0 Å². The fourth-order valence-corrected chi connectivity index (χ4v) is 3.98. The second-order valence-corrected chi connectivity index (χ2v) is 8.16. The second kappa shape index (κ2) is 9.86. The van der Waals surface area contributed by atoms with Crippen LogP contribution in [0.15, 0.2) is 47.0 Å². The van der Waals surface area contributed by atoms with Crippen LogP contribution in [-0.4, -0.2) is 45.5 Å². The zero-order valence-corrected chi connectivity index (χ0v) is 18.2. The summed E-state index contributed by atoms with van der Waals surface area (Å²) in [5, 5.41) is 17.7. The first-order valence-corrected chi connectivity index (χ1v) is 10.8. The van der Waals surface area contributed by atoms with Gasteiger partial charge in [-0.2, -0.15) is 4.98 Å². The van der Waals surface area contributed by atoms with Crippen molar-refractivity contribution in [3.05, 3.63) is 69.9 Å². The molecule has 1 N–H and O–H groups in total. The number of nitro benzene ring substituents is 1. The number of benzene rings is 2. The van der Waals surface area contributed by atoms with Gasteiger partial charge in [0.25, 0.3) is 5.69 Å². The van der Waals surface area contributed by atoms with E-state index in [9.17, 15) is 19.3 Å². The van der Waals surface area contributed by atoms with Crippen molar-refractivity contribution in [3.63, 3.8) is 0 Å². The maximum atomic E-state index is 13.5. The number of nitrogens with zero attached hydrogens (tertiary/aromatic N) is 4. The number of carbonyl (C=O) groups is 1. The number of halogens is 1. The summed E-state index contributed by atoms with van der Waals surface area (Å²) in [7, 11) is 0. The lowest BCUT2D eigenvalue weighted by Crippen LogP contribution is -2.36. The Balaban J connectivity index is 1.31. The van der Waals surface area contributed by atoms with Crippen molar-refractivity contribution < 1.29 is 18.6 Å². The quantitative estimate of drug-likeness (QED) is 0.419. The minimum absolute atomic E-state index is 0.00793. The number of rotatable bonds is 7. The zero-order valence-electron chi connectivity index (χ0n) is 18.2. The van der Waals surface area contributed by atoms with Crippen LogP contribution in [0.2, 0.25) is 0 Å². The van der Waals surface area contributed by atoms with Crippen LogP contribution in [0.25, 0.3) is 11.4 Å². The van der Waals surface area contributed by atoms with E-state index in [1.165, 1.54) is 24.3 Å². The summed E-state index contributed by atoms with van der Waals surface area (Å²) in [5.74, 6) is 0.420. The topological polar surface area (TPSA) is 114 Å². The molecule has 3 aromatic rings. The number of carbonyl (C=O) groups excluding carboxylic acids is 1. The minimum Gasteiger partial charge on any atom is -0.339 e. The van der Waals surface area contributed by atoms with Crippen molar-refractivity contribution in [2.45, 2.75) is 32.1 Å². The summed E-state index contributed by atoms with van der Waals surface area (Å²) >= 11 is 0. The Morgan fingerprint density at radius 3 is 2.94 bits per heavy atom. The average molecular weight is 453 g/mol. The molecule has 1 saturated heterocycles. The molecule has 10 heteroatoms. The minimum atomic E-state index is -0.462. The lowest BCUT2D eigenvalue weighted by atomic mass is 9.98. The Bertz CT molecular complexity index is 1170. The molecule has 9 nitrogen and oxygen atoms in total. The largest absolute Gasteiger partial charge is 0.339 e. The monoisotopic (exact) mass is 453 g/mol. The molecule has 0 saturated carbocycles. The van der Waals surface area contributed by atoms with E-state index in [1.54, 1.807) is 25.1 Å². The molecule has 1 aromatic heterocycles. The van der Waals surface area contributed by atoms with Gasteiger partial charge in [-0.1, -0.05) is 17.3 Å². The number of hydrogen-bond donors (Lipinski definition) is 1. The number of hydrogen-bond acceptors (Lipinski definition) is 7. The Labute approximate surface area is 189 Å². The zero-order chi connectivity index (χ0) is 23.4. The number of aryl methyl sites for hydroxylation is 1. The molecule has 1 unspecified atom stereocenters. The van der Waals surface area contributed by atoms with Crippen molar-refractivity contribution in [1.82, 2.24) is 15.0 Å². The molecule has 2 aromatic carbocycles. The first-order valence-electron chi connectivity index (χ1n) is 10.8. The maximum Gasteiger partial charge on any atom is 0.269 e. The highest BCUT2D eigenvalue weighted by Gasteiger charge is 2.26. The third-order valence-electron chi connectivity index (χ3n) is 5.73. The molecule has 0 radical (unpaired) electrons. The summed E-state index contributed by atoms with van der Waals surface area (Å²) in [5.41, 5.74) is 1.77. The Morgan fingerprint density at radius 2 is 2.18 bits per heavy atom. The molecule has 1 aliphatic heterocycles. The van der Waals surface area contributed by atoms with E-state index < -0.39 is 4.92 Å². The van der Waals surface area contributed by atoms with E-state index in [1.807, 2.05) is 0 Å². The van der Waals surface area contributed by atoms with E-state index in [2.05, 4.69) is 20.4 Å². The van der Waals surface area contributed by atoms with Gasteiger partial charge in [-0.25, -0.2) is 4.39 Å². The molecule has 4 rings (SSSR count). The highest BCUT2D eigenvalue weighted by Crippen LogP contribution is 2.28. The molecule has 1 aliphatic rings. The molecule has 172 valence electrons. The number of aromatic nitrogens is 2. The Hall–Kier alpha value is -3.66. The first-order chi connectivity index (χ1) is 15.9. The molecular formula is C23H24FN5O4. The molecule has 0 bridgehead atoms. The van der Waals surface area contributed by atoms with Gasteiger partial charge < -0.3 is 14.7 Å². The Kier molecular flexibility index (Phi) is 6.74. The molecule has 1 amide bonds. The van der Waals surface area contributed by atoms with E-state index in [-0.39, 0.29) is 23.3 Å². The number of anilines is 1. The fourth-order valence-electron chi connectivity index (χ4n) is 3.98. The summed E-state index contributed by atoms with van der Waals surface area (Å²) in [6.07, 6.45) is 2.13. The number of nitrogens with one attached hydrogen (secondary N) is 1. The van der Waals surface area contributed by atoms with Gasteiger partial charge >= 0.3 is 0 Å². The smallest absolute Gasteiger partial charge is 0.269 e. The standard InChI is InChI=1S/C23H24FN5O4/c1-15-12-19(29(31)32)7-8-20(15)25-21(30)9-11-28-10-3-5-17(14-28)23-26-22(27-33-23)16-4-2-6-18(24)13-16/h2,4,6-8,12-13,17H,3,5,9-11,14H2,1H3,(H,25,30). The van der Waals surface area contributed by atoms with Gasteiger partial charge in [0.2, 0.25) is 17.6 Å². The van der Waals surface area contributed by atoms with E-state index in [0.717, 1.165) is 19.4 Å². The SMILES string of the molecule is Cc1cc([N+](=O)[O-])ccc1NC(=O)CCN1CCCC(c2nc(-c3cccc(F)c3)no2)C1. The van der Waals surface area contributed by atoms with E-state index >= 15 is 0 Å². The van der Waals surface area contributed by atoms with E-state index in [0.29, 0.717) is 48.0 Å². The summed E-state index contributed by atoms with van der Waals surface area (Å²) < 4.78 is 18.9. The molecule has 0 aliphatic carbocycles. The lowest BCUT2D eigenvalue weighted by Gasteiger charge is -2.30. The summed E-state index contributed by atoms with van der Waals surface area (Å²) in [6.45, 7) is 3.85. The average Bonchev–Trinajstić information content (AvgIpc) is 3.30. The Morgan fingerprint density at radius 1 is 1.33 bits per heavy atom. The van der Waals surface area contributed by atoms with Crippen molar-refractivity contribution >= 4 is 17.3 Å². The van der Waals surface area contributed by atoms with Gasteiger partial charge in [-0.15, -0.1) is 0 Å². The highest BCUT2D eigenvalue weighted by molar-refractivity contribution is 5.91. The molecular weight excluding hydrogens is 429 g/mol. The molecule has 33 heavy (non-hydrogen) atoms. The lowest BCUT2D eigenvalue weighted by molar-refractivity contribution is -0.384. The summed E-state index contributed by atoms with van der Waals surface area (Å²) in [4.78, 5) is 29.5. The number of likely N-dealkylation sites (tertiary alicyclic amines) is 1. The van der Waals surface area contributed by atoms with Crippen LogP contribution < -0.4 is 5.32 Å². The number of non-ortho nitro benzene ring substituents is 1.